The molecule has 100 valence electrons. The number of hydrogen-bond donors (Lipinski definition) is 3. The first-order valence-corrected chi connectivity index (χ1v) is 6.85. The molecule has 1 heterocycles. The number of carbonyl (C=O) groups excluding carboxylic acids is 1. The minimum atomic E-state index is -0.852. The molecule has 2 rings (SSSR count). The number of nitrogens with one attached hydrogen (secondary N) is 2. The standard InChI is InChI=1S/C12H13N3O3S/c16-10(17)7-19-6-5-13-12(18)11-8-3-1-2-4-9(8)14-15-11/h1-4H,5-7H2,(H,13,18)(H,14,15)(H,16,17). The summed E-state index contributed by atoms with van der Waals surface area (Å²) in [7, 11) is 0. The van der Waals surface area contributed by atoms with E-state index in [1.165, 1.54) is 11.8 Å². The summed E-state index contributed by atoms with van der Waals surface area (Å²) >= 11 is 1.26. The molecule has 0 saturated heterocycles. The van der Waals surface area contributed by atoms with Crippen molar-refractivity contribution in [1.82, 2.24) is 15.5 Å². The number of H-pyrrole nitrogens is 1. The molecule has 0 atom stereocenters. The van der Waals surface area contributed by atoms with Gasteiger partial charge < -0.3 is 10.4 Å². The highest BCUT2D eigenvalue weighted by Crippen LogP contribution is 2.14. The van der Waals surface area contributed by atoms with Crippen LogP contribution in [0, 0.1) is 0 Å². The van der Waals surface area contributed by atoms with E-state index in [2.05, 4.69) is 15.5 Å². The first-order chi connectivity index (χ1) is 9.18. The van der Waals surface area contributed by atoms with Gasteiger partial charge in [-0.1, -0.05) is 18.2 Å². The van der Waals surface area contributed by atoms with Crippen LogP contribution in [0.1, 0.15) is 10.5 Å². The molecule has 0 aliphatic heterocycles. The number of amides is 1. The zero-order valence-corrected chi connectivity index (χ0v) is 10.9. The number of thioether (sulfide) groups is 1. The van der Waals surface area contributed by atoms with Crippen LogP contribution in [0.2, 0.25) is 0 Å². The van der Waals surface area contributed by atoms with Crippen molar-refractivity contribution in [3.63, 3.8) is 0 Å². The van der Waals surface area contributed by atoms with Crippen molar-refractivity contribution >= 4 is 34.5 Å². The monoisotopic (exact) mass is 279 g/mol. The van der Waals surface area contributed by atoms with Crippen LogP contribution >= 0.6 is 11.8 Å². The lowest BCUT2D eigenvalue weighted by atomic mass is 10.2. The van der Waals surface area contributed by atoms with Crippen LogP contribution in [0.15, 0.2) is 24.3 Å². The summed E-state index contributed by atoms with van der Waals surface area (Å²) in [6.07, 6.45) is 0. The molecule has 3 N–H and O–H groups in total. The number of aromatic amines is 1. The van der Waals surface area contributed by atoms with Crippen LogP contribution in [0.25, 0.3) is 10.9 Å². The van der Waals surface area contributed by atoms with Gasteiger partial charge in [0, 0.05) is 17.7 Å². The third kappa shape index (κ3) is 3.47. The van der Waals surface area contributed by atoms with Gasteiger partial charge in [-0.3, -0.25) is 14.7 Å². The lowest BCUT2D eigenvalue weighted by Gasteiger charge is -2.02. The first-order valence-electron chi connectivity index (χ1n) is 5.69. The quantitative estimate of drug-likeness (QED) is 0.688. The highest BCUT2D eigenvalue weighted by molar-refractivity contribution is 7.99. The van der Waals surface area contributed by atoms with Crippen molar-refractivity contribution in [2.45, 2.75) is 0 Å². The van der Waals surface area contributed by atoms with E-state index in [0.29, 0.717) is 18.0 Å². The number of para-hydroxylation sites is 1. The molecule has 0 aliphatic rings. The van der Waals surface area contributed by atoms with Gasteiger partial charge in [-0.2, -0.15) is 5.10 Å². The highest BCUT2D eigenvalue weighted by atomic mass is 32.2. The van der Waals surface area contributed by atoms with E-state index in [1.807, 2.05) is 24.3 Å². The maximum absolute atomic E-state index is 11.9. The molecule has 0 fully saturated rings. The molecule has 0 radical (unpaired) electrons. The smallest absolute Gasteiger partial charge is 0.313 e. The number of carbonyl (C=O) groups is 2. The summed E-state index contributed by atoms with van der Waals surface area (Å²) in [6, 6.07) is 7.39. The van der Waals surface area contributed by atoms with Crippen LogP contribution in [-0.2, 0) is 4.79 Å². The van der Waals surface area contributed by atoms with E-state index in [9.17, 15) is 9.59 Å². The number of aliphatic carboxylic acids is 1. The van der Waals surface area contributed by atoms with Gasteiger partial charge in [-0.15, -0.1) is 11.8 Å². The van der Waals surface area contributed by atoms with Crippen molar-refractivity contribution in [2.24, 2.45) is 0 Å². The third-order valence-corrected chi connectivity index (χ3v) is 3.39. The maximum Gasteiger partial charge on any atom is 0.313 e. The number of fused-ring (bicyclic) bond motifs is 1. The average molecular weight is 279 g/mol. The fraction of sp³-hybridized carbons (Fsp3) is 0.250. The molecule has 19 heavy (non-hydrogen) atoms. The molecular weight excluding hydrogens is 266 g/mol. The van der Waals surface area contributed by atoms with Crippen molar-refractivity contribution in [3.8, 4) is 0 Å². The van der Waals surface area contributed by atoms with Gasteiger partial charge in [-0.05, 0) is 6.07 Å². The second kappa shape index (κ2) is 6.24. The Kier molecular flexibility index (Phi) is 4.40. The van der Waals surface area contributed by atoms with E-state index in [1.54, 1.807) is 0 Å². The van der Waals surface area contributed by atoms with Crippen LogP contribution in [0.5, 0.6) is 0 Å². The summed E-state index contributed by atoms with van der Waals surface area (Å²) in [5.74, 6) is -0.510. The molecule has 0 saturated carbocycles. The molecule has 7 heteroatoms. The molecule has 0 bridgehead atoms. The summed E-state index contributed by atoms with van der Waals surface area (Å²) in [5.41, 5.74) is 1.17. The Hall–Kier alpha value is -2.02. The largest absolute Gasteiger partial charge is 0.481 e. The second-order valence-electron chi connectivity index (χ2n) is 3.82. The average Bonchev–Trinajstić information content (AvgIpc) is 2.81. The number of carboxylic acid groups (broad SMARTS) is 1. The first kappa shape index (κ1) is 13.4. The third-order valence-electron chi connectivity index (χ3n) is 2.44. The van der Waals surface area contributed by atoms with Gasteiger partial charge in [0.05, 0.1) is 11.3 Å². The zero-order chi connectivity index (χ0) is 13.7. The highest BCUT2D eigenvalue weighted by Gasteiger charge is 2.12. The van der Waals surface area contributed by atoms with Crippen molar-refractivity contribution < 1.29 is 14.7 Å². The van der Waals surface area contributed by atoms with Crippen LogP contribution in [-0.4, -0.2) is 45.2 Å². The predicted octanol–water partition coefficient (Wildman–Crippen LogP) is 1.11. The fourth-order valence-electron chi connectivity index (χ4n) is 1.62. The summed E-state index contributed by atoms with van der Waals surface area (Å²) in [6.45, 7) is 0.415. The van der Waals surface area contributed by atoms with Gasteiger partial charge in [0.2, 0.25) is 0 Å². The van der Waals surface area contributed by atoms with E-state index < -0.39 is 5.97 Å². The van der Waals surface area contributed by atoms with Gasteiger partial charge in [0.25, 0.3) is 5.91 Å². The van der Waals surface area contributed by atoms with E-state index in [0.717, 1.165) is 10.9 Å². The maximum atomic E-state index is 11.9. The lowest BCUT2D eigenvalue weighted by molar-refractivity contribution is -0.133. The Balaban J connectivity index is 1.88. The topological polar surface area (TPSA) is 95.1 Å². The SMILES string of the molecule is O=C(O)CSCCNC(=O)c1n[nH]c2ccccc12. The molecule has 6 nitrogen and oxygen atoms in total. The number of nitrogens with zero attached hydrogens (tertiary/aromatic N) is 1. The molecular formula is C12H13N3O3S. The number of benzene rings is 1. The second-order valence-corrected chi connectivity index (χ2v) is 4.93. The van der Waals surface area contributed by atoms with Gasteiger partial charge in [0.15, 0.2) is 5.69 Å². The minimum Gasteiger partial charge on any atom is -0.481 e. The minimum absolute atomic E-state index is 0.0429. The molecule has 0 unspecified atom stereocenters. The number of hydrogen-bond acceptors (Lipinski definition) is 4. The van der Waals surface area contributed by atoms with E-state index >= 15 is 0 Å². The Morgan fingerprint density at radius 3 is 2.95 bits per heavy atom. The molecule has 1 aromatic carbocycles. The van der Waals surface area contributed by atoms with E-state index in [4.69, 9.17) is 5.11 Å². The van der Waals surface area contributed by atoms with Crippen LogP contribution < -0.4 is 5.32 Å². The Labute approximate surface area is 113 Å². The fourth-order valence-corrected chi connectivity index (χ4v) is 2.18. The predicted molar refractivity (Wildman–Crippen MR) is 73.4 cm³/mol. The Morgan fingerprint density at radius 1 is 1.37 bits per heavy atom. The van der Waals surface area contributed by atoms with Crippen molar-refractivity contribution in [2.75, 3.05) is 18.1 Å². The normalized spacial score (nSPS) is 10.5. The summed E-state index contributed by atoms with van der Waals surface area (Å²) in [5, 5.41) is 18.7. The lowest BCUT2D eigenvalue weighted by Crippen LogP contribution is -2.26. The molecule has 1 aromatic heterocycles. The number of aromatic nitrogens is 2. The summed E-state index contributed by atoms with van der Waals surface area (Å²) < 4.78 is 0. The Bertz CT molecular complexity index is 597. The molecule has 1 amide bonds. The molecule has 0 aliphatic carbocycles. The van der Waals surface area contributed by atoms with Gasteiger partial charge in [0.1, 0.15) is 0 Å². The zero-order valence-electron chi connectivity index (χ0n) is 10.0. The van der Waals surface area contributed by atoms with Crippen molar-refractivity contribution in [1.29, 1.82) is 0 Å². The van der Waals surface area contributed by atoms with Crippen molar-refractivity contribution in [3.05, 3.63) is 30.0 Å². The van der Waals surface area contributed by atoms with Gasteiger partial charge in [-0.25, -0.2) is 0 Å². The van der Waals surface area contributed by atoms with E-state index in [-0.39, 0.29) is 11.7 Å². The Morgan fingerprint density at radius 2 is 2.16 bits per heavy atom. The summed E-state index contributed by atoms with van der Waals surface area (Å²) in [4.78, 5) is 22.2. The molecule has 0 spiro atoms. The van der Waals surface area contributed by atoms with Crippen LogP contribution in [0.3, 0.4) is 0 Å². The number of rotatable bonds is 6. The number of carboxylic acids is 1. The van der Waals surface area contributed by atoms with Gasteiger partial charge >= 0.3 is 5.97 Å². The molecule has 2 aromatic rings. The van der Waals surface area contributed by atoms with Crippen LogP contribution in [0.4, 0.5) is 0 Å².